The summed E-state index contributed by atoms with van der Waals surface area (Å²) in [6.45, 7) is 0.0985. The Bertz CT molecular complexity index is 961. The second kappa shape index (κ2) is 8.78. The number of amides is 1. The first-order valence-corrected chi connectivity index (χ1v) is 8.37. The molecule has 1 aliphatic heterocycles. The van der Waals surface area contributed by atoms with Crippen molar-refractivity contribution in [1.29, 1.82) is 0 Å². The van der Waals surface area contributed by atoms with Crippen LogP contribution in [0.5, 0.6) is 23.0 Å². The number of hydrogen-bond acceptors (Lipinski definition) is 9. The second-order valence-corrected chi connectivity index (χ2v) is 5.74. The van der Waals surface area contributed by atoms with Gasteiger partial charge in [-0.25, -0.2) is 5.43 Å². The van der Waals surface area contributed by atoms with Crippen LogP contribution >= 0.6 is 0 Å². The van der Waals surface area contributed by atoms with Crippen LogP contribution in [-0.2, 0) is 4.79 Å². The molecule has 0 saturated heterocycles. The number of nitrogens with one attached hydrogen (secondary N) is 2. The van der Waals surface area contributed by atoms with Gasteiger partial charge in [-0.2, -0.15) is 5.10 Å². The van der Waals surface area contributed by atoms with Crippen molar-refractivity contribution in [2.45, 2.75) is 0 Å². The first-order chi connectivity index (χ1) is 14.0. The molecule has 2 aromatic carbocycles. The predicted octanol–water partition coefficient (Wildman–Crippen LogP) is 1.90. The van der Waals surface area contributed by atoms with E-state index >= 15 is 0 Å². The molecular formula is C18H18N4O7. The van der Waals surface area contributed by atoms with E-state index in [0.717, 1.165) is 0 Å². The standard InChI is InChI=1S/C18H18N4O7/c1-26-15-5-11(13(22(24)25)7-16(15)27-2)8-20-21-18(23)9-19-12-3-4-14-17(6-12)29-10-28-14/h3-8,19H,9-10H2,1-2H3,(H,21,23)/b20-8-. The molecule has 0 unspecified atom stereocenters. The van der Waals surface area contributed by atoms with Crippen LogP contribution in [0, 0.1) is 10.1 Å². The van der Waals surface area contributed by atoms with Crippen LogP contribution in [0.4, 0.5) is 11.4 Å². The van der Waals surface area contributed by atoms with E-state index in [4.69, 9.17) is 18.9 Å². The van der Waals surface area contributed by atoms with Gasteiger partial charge in [0.2, 0.25) is 6.79 Å². The largest absolute Gasteiger partial charge is 0.493 e. The van der Waals surface area contributed by atoms with Gasteiger partial charge >= 0.3 is 0 Å². The number of hydrazone groups is 1. The fourth-order valence-corrected chi connectivity index (χ4v) is 2.55. The molecule has 0 bridgehead atoms. The molecule has 1 amide bonds. The van der Waals surface area contributed by atoms with Gasteiger partial charge in [0.15, 0.2) is 23.0 Å². The molecule has 1 heterocycles. The zero-order valence-electron chi connectivity index (χ0n) is 15.6. The van der Waals surface area contributed by atoms with E-state index in [1.165, 1.54) is 32.6 Å². The van der Waals surface area contributed by atoms with E-state index in [1.54, 1.807) is 18.2 Å². The Balaban J connectivity index is 1.61. The summed E-state index contributed by atoms with van der Waals surface area (Å²) in [5.74, 6) is 1.31. The number of rotatable bonds is 8. The average molecular weight is 402 g/mol. The van der Waals surface area contributed by atoms with E-state index < -0.39 is 10.8 Å². The third-order valence-corrected chi connectivity index (χ3v) is 3.95. The minimum Gasteiger partial charge on any atom is -0.493 e. The molecule has 0 spiro atoms. The van der Waals surface area contributed by atoms with Crippen LogP contribution < -0.4 is 29.7 Å². The number of ether oxygens (including phenoxy) is 4. The first kappa shape index (κ1) is 19.7. The molecule has 1 aliphatic rings. The maximum absolute atomic E-state index is 12.0. The minimum atomic E-state index is -0.577. The maximum atomic E-state index is 12.0. The van der Waals surface area contributed by atoms with E-state index in [0.29, 0.717) is 22.9 Å². The molecule has 0 fully saturated rings. The Morgan fingerprint density at radius 1 is 1.21 bits per heavy atom. The van der Waals surface area contributed by atoms with Crippen molar-refractivity contribution in [3.8, 4) is 23.0 Å². The molecule has 0 atom stereocenters. The summed E-state index contributed by atoms with van der Waals surface area (Å²) in [4.78, 5) is 22.6. The number of carbonyl (C=O) groups is 1. The van der Waals surface area contributed by atoms with E-state index in [-0.39, 0.29) is 30.3 Å². The number of carbonyl (C=O) groups excluding carboxylic acids is 1. The molecule has 0 aliphatic carbocycles. The van der Waals surface area contributed by atoms with Crippen molar-refractivity contribution in [3.05, 3.63) is 46.0 Å². The zero-order chi connectivity index (χ0) is 20.8. The van der Waals surface area contributed by atoms with Gasteiger partial charge < -0.3 is 24.3 Å². The molecule has 2 N–H and O–H groups in total. The monoisotopic (exact) mass is 402 g/mol. The third-order valence-electron chi connectivity index (χ3n) is 3.95. The lowest BCUT2D eigenvalue weighted by Crippen LogP contribution is -2.25. The highest BCUT2D eigenvalue weighted by molar-refractivity contribution is 5.88. The van der Waals surface area contributed by atoms with Crippen LogP contribution in [0.2, 0.25) is 0 Å². The molecular weight excluding hydrogens is 384 g/mol. The van der Waals surface area contributed by atoms with Crippen LogP contribution in [0.1, 0.15) is 5.56 Å². The quantitative estimate of drug-likeness (QED) is 0.389. The summed E-state index contributed by atoms with van der Waals surface area (Å²) >= 11 is 0. The normalized spacial score (nSPS) is 11.9. The van der Waals surface area contributed by atoms with E-state index in [9.17, 15) is 14.9 Å². The Morgan fingerprint density at radius 2 is 1.93 bits per heavy atom. The number of anilines is 1. The lowest BCUT2D eigenvalue weighted by Gasteiger charge is -2.08. The fourth-order valence-electron chi connectivity index (χ4n) is 2.55. The number of benzene rings is 2. The van der Waals surface area contributed by atoms with Gasteiger partial charge in [0.1, 0.15) is 0 Å². The van der Waals surface area contributed by atoms with Crippen molar-refractivity contribution in [3.63, 3.8) is 0 Å². The van der Waals surface area contributed by atoms with Crippen molar-refractivity contribution >= 4 is 23.5 Å². The van der Waals surface area contributed by atoms with Gasteiger partial charge in [0.25, 0.3) is 11.6 Å². The highest BCUT2D eigenvalue weighted by Crippen LogP contribution is 2.34. The molecule has 0 saturated carbocycles. The van der Waals surface area contributed by atoms with E-state index in [2.05, 4.69) is 15.8 Å². The zero-order valence-corrected chi connectivity index (χ0v) is 15.6. The number of nitro benzene ring substituents is 1. The maximum Gasteiger partial charge on any atom is 0.282 e. The number of nitro groups is 1. The highest BCUT2D eigenvalue weighted by Gasteiger charge is 2.18. The lowest BCUT2D eigenvalue weighted by atomic mass is 10.1. The molecule has 29 heavy (non-hydrogen) atoms. The third kappa shape index (κ3) is 4.64. The van der Waals surface area contributed by atoms with Crippen molar-refractivity contribution in [2.24, 2.45) is 5.10 Å². The SMILES string of the molecule is COc1cc(/C=N\NC(=O)CNc2ccc3c(c2)OCO3)c([N+](=O)[O-])cc1OC. The Hall–Kier alpha value is -4.02. The minimum absolute atomic E-state index is 0.0645. The van der Waals surface area contributed by atoms with Gasteiger partial charge in [-0.15, -0.1) is 0 Å². The number of fused-ring (bicyclic) bond motifs is 1. The average Bonchev–Trinajstić information content (AvgIpc) is 3.19. The Kier molecular flexibility index (Phi) is 5.97. The van der Waals surface area contributed by atoms with Gasteiger partial charge in [-0.05, 0) is 18.2 Å². The molecule has 0 radical (unpaired) electrons. The molecule has 11 nitrogen and oxygen atoms in total. The Labute approximate surface area is 165 Å². The summed E-state index contributed by atoms with van der Waals surface area (Å²) in [5.41, 5.74) is 2.89. The van der Waals surface area contributed by atoms with Crippen molar-refractivity contribution in [1.82, 2.24) is 5.43 Å². The van der Waals surface area contributed by atoms with Crippen molar-refractivity contribution < 1.29 is 28.7 Å². The first-order valence-electron chi connectivity index (χ1n) is 8.37. The molecule has 11 heteroatoms. The summed E-state index contributed by atoms with van der Waals surface area (Å²) in [6, 6.07) is 7.82. The van der Waals surface area contributed by atoms with Crippen molar-refractivity contribution in [2.75, 3.05) is 32.9 Å². The lowest BCUT2D eigenvalue weighted by molar-refractivity contribution is -0.385. The smallest absolute Gasteiger partial charge is 0.282 e. The number of methoxy groups -OCH3 is 2. The summed E-state index contributed by atoms with van der Waals surface area (Å²) in [7, 11) is 2.79. The van der Waals surface area contributed by atoms with Crippen LogP contribution in [-0.4, -0.2) is 44.6 Å². The highest BCUT2D eigenvalue weighted by atomic mass is 16.7. The molecule has 2 aromatic rings. The van der Waals surface area contributed by atoms with Gasteiger partial charge in [-0.1, -0.05) is 0 Å². The van der Waals surface area contributed by atoms with Crippen LogP contribution in [0.3, 0.4) is 0 Å². The van der Waals surface area contributed by atoms with Gasteiger partial charge in [0, 0.05) is 11.8 Å². The van der Waals surface area contributed by atoms with Crippen LogP contribution in [0.15, 0.2) is 35.4 Å². The number of nitrogens with zero attached hydrogens (tertiary/aromatic N) is 2. The number of hydrogen-bond donors (Lipinski definition) is 2. The summed E-state index contributed by atoms with van der Waals surface area (Å²) in [6.07, 6.45) is 1.17. The van der Waals surface area contributed by atoms with Crippen LogP contribution in [0.25, 0.3) is 0 Å². The van der Waals surface area contributed by atoms with E-state index in [1.807, 2.05) is 0 Å². The van der Waals surface area contributed by atoms with Gasteiger partial charge in [0.05, 0.1) is 43.5 Å². The molecule has 3 rings (SSSR count). The fraction of sp³-hybridized carbons (Fsp3) is 0.222. The van der Waals surface area contributed by atoms with Gasteiger partial charge in [-0.3, -0.25) is 14.9 Å². The summed E-state index contributed by atoms with van der Waals surface area (Å²) < 4.78 is 20.7. The Morgan fingerprint density at radius 3 is 2.66 bits per heavy atom. The summed E-state index contributed by atoms with van der Waals surface area (Å²) in [5, 5.41) is 18.0. The predicted molar refractivity (Wildman–Crippen MR) is 103 cm³/mol. The molecule has 0 aromatic heterocycles. The topological polar surface area (TPSA) is 134 Å². The molecule has 152 valence electrons. The second-order valence-electron chi connectivity index (χ2n) is 5.74.